The Morgan fingerprint density at radius 1 is 0.733 bits per heavy atom. The summed E-state index contributed by atoms with van der Waals surface area (Å²) in [6, 6.07) is 33.8. The molecule has 0 fully saturated rings. The Labute approximate surface area is 187 Å². The lowest BCUT2D eigenvalue weighted by Gasteiger charge is -2.36. The van der Waals surface area contributed by atoms with Gasteiger partial charge in [0.05, 0.1) is 9.91 Å². The largest absolute Gasteiger partial charge is 0.179 e. The van der Waals surface area contributed by atoms with E-state index in [9.17, 15) is 0 Å². The molecular formula is C27H28PSi2. The van der Waals surface area contributed by atoms with Gasteiger partial charge in [0, 0.05) is 5.92 Å². The van der Waals surface area contributed by atoms with Gasteiger partial charge in [-0.3, -0.25) is 0 Å². The summed E-state index contributed by atoms with van der Waals surface area (Å²) in [7, 11) is 2.15. The molecule has 0 N–H and O–H groups in total. The molecule has 2 atom stereocenters. The molecule has 149 valence electrons. The van der Waals surface area contributed by atoms with Gasteiger partial charge < -0.3 is 0 Å². The number of rotatable bonds is 7. The minimum Gasteiger partial charge on any atom is -0.114 e. The highest BCUT2D eigenvalue weighted by Gasteiger charge is 2.45. The van der Waals surface area contributed by atoms with E-state index in [0.717, 1.165) is 6.42 Å². The van der Waals surface area contributed by atoms with Crippen LogP contribution in [0.5, 0.6) is 0 Å². The molecule has 3 aromatic rings. The summed E-state index contributed by atoms with van der Waals surface area (Å²) in [5, 5.41) is 7.55. The van der Waals surface area contributed by atoms with Gasteiger partial charge in [-0.15, -0.1) is 8.13 Å². The molecule has 0 bridgehead atoms. The van der Waals surface area contributed by atoms with Crippen molar-refractivity contribution in [3.05, 3.63) is 113 Å². The molecule has 4 rings (SSSR count). The molecule has 0 saturated heterocycles. The van der Waals surface area contributed by atoms with Crippen LogP contribution < -0.4 is 15.6 Å². The maximum Gasteiger partial charge on any atom is 0.179 e. The van der Waals surface area contributed by atoms with Crippen molar-refractivity contribution in [1.29, 1.82) is 0 Å². The van der Waals surface area contributed by atoms with Crippen LogP contribution in [0.4, 0.5) is 0 Å². The van der Waals surface area contributed by atoms with Crippen molar-refractivity contribution in [1.82, 2.24) is 0 Å². The van der Waals surface area contributed by atoms with Crippen molar-refractivity contribution < 1.29 is 0 Å². The molecule has 0 aromatic heterocycles. The van der Waals surface area contributed by atoms with Gasteiger partial charge in [0.15, 0.2) is 8.07 Å². The maximum atomic E-state index is 3.88. The van der Waals surface area contributed by atoms with E-state index < -0.39 is 8.07 Å². The Hall–Kier alpha value is -2.00. The Bertz CT molecular complexity index is 943. The monoisotopic (exact) mass is 439 g/mol. The first-order valence-electron chi connectivity index (χ1n) is 10.8. The van der Waals surface area contributed by atoms with Crippen LogP contribution in [0.3, 0.4) is 0 Å². The Kier molecular flexibility index (Phi) is 6.68. The SMILES string of the molecule is CCC1=C([Si](c2ccccc2)(c2ccccc2)c2ccccc2)C=C(P[Si])C1CC. The molecule has 0 amide bonds. The van der Waals surface area contributed by atoms with Crippen molar-refractivity contribution in [2.45, 2.75) is 26.7 Å². The molecule has 0 aliphatic heterocycles. The van der Waals surface area contributed by atoms with E-state index in [1.165, 1.54) is 22.0 Å². The van der Waals surface area contributed by atoms with Crippen molar-refractivity contribution in [3.8, 4) is 0 Å². The average Bonchev–Trinajstić information content (AvgIpc) is 3.20. The van der Waals surface area contributed by atoms with Crippen molar-refractivity contribution in [3.63, 3.8) is 0 Å². The van der Waals surface area contributed by atoms with E-state index in [4.69, 9.17) is 0 Å². The van der Waals surface area contributed by atoms with Crippen LogP contribution in [0.2, 0.25) is 0 Å². The van der Waals surface area contributed by atoms with E-state index >= 15 is 0 Å². The first kappa shape index (κ1) is 21.2. The van der Waals surface area contributed by atoms with Gasteiger partial charge >= 0.3 is 0 Å². The van der Waals surface area contributed by atoms with E-state index in [0.29, 0.717) is 14.0 Å². The molecule has 30 heavy (non-hydrogen) atoms. The smallest absolute Gasteiger partial charge is 0.114 e. The van der Waals surface area contributed by atoms with E-state index in [2.05, 4.69) is 121 Å². The Balaban J connectivity index is 2.15. The fraction of sp³-hybridized carbons (Fsp3) is 0.185. The highest BCUT2D eigenvalue weighted by Crippen LogP contribution is 2.45. The first-order chi connectivity index (χ1) is 14.8. The molecule has 1 aliphatic carbocycles. The summed E-state index contributed by atoms with van der Waals surface area (Å²) < 4.78 is 0. The molecule has 3 radical (unpaired) electrons. The Morgan fingerprint density at radius 3 is 1.50 bits per heavy atom. The quantitative estimate of drug-likeness (QED) is 0.273. The van der Waals surface area contributed by atoms with Crippen LogP contribution in [0.15, 0.2) is 113 Å². The van der Waals surface area contributed by atoms with Gasteiger partial charge in [0.2, 0.25) is 0 Å². The summed E-state index contributed by atoms with van der Waals surface area (Å²) >= 11 is 0. The van der Waals surface area contributed by atoms with Gasteiger partial charge in [0.1, 0.15) is 0 Å². The van der Waals surface area contributed by atoms with E-state index in [1.54, 1.807) is 16.1 Å². The summed E-state index contributed by atoms with van der Waals surface area (Å²) in [4.78, 5) is 0. The second-order valence-corrected chi connectivity index (χ2v) is 13.2. The Morgan fingerprint density at radius 2 is 1.17 bits per heavy atom. The molecule has 1 aliphatic rings. The second-order valence-electron chi connectivity index (χ2n) is 7.83. The van der Waals surface area contributed by atoms with Crippen molar-refractivity contribution >= 4 is 41.7 Å². The van der Waals surface area contributed by atoms with Crippen LogP contribution >= 0.6 is 8.13 Å². The molecule has 3 heteroatoms. The lowest BCUT2D eigenvalue weighted by atomic mass is 9.98. The predicted molar refractivity (Wildman–Crippen MR) is 137 cm³/mol. The van der Waals surface area contributed by atoms with Crippen LogP contribution in [0.1, 0.15) is 26.7 Å². The summed E-state index contributed by atoms with van der Waals surface area (Å²) in [6.07, 6.45) is 4.84. The normalized spacial score (nSPS) is 17.0. The molecule has 2 unspecified atom stereocenters. The molecule has 0 nitrogen and oxygen atoms in total. The number of hydrogen-bond donors (Lipinski definition) is 0. The third-order valence-corrected chi connectivity index (χ3v) is 12.9. The minimum atomic E-state index is -2.40. The average molecular weight is 440 g/mol. The van der Waals surface area contributed by atoms with Crippen molar-refractivity contribution in [2.24, 2.45) is 5.92 Å². The summed E-state index contributed by atoms with van der Waals surface area (Å²) in [6.45, 7) is 4.67. The van der Waals surface area contributed by atoms with Crippen LogP contribution in [0.25, 0.3) is 0 Å². The molecule has 0 saturated carbocycles. The van der Waals surface area contributed by atoms with Gasteiger partial charge in [-0.2, -0.15) is 0 Å². The van der Waals surface area contributed by atoms with E-state index in [1.807, 2.05) is 0 Å². The number of hydrogen-bond acceptors (Lipinski definition) is 0. The molecule has 0 heterocycles. The number of allylic oxidation sites excluding steroid dienone is 4. The standard InChI is InChI=1S/C27H28PSi2/c1-3-24-25(4-2)27(20-26(24)28-29)30(21-14-8-5-9-15-21,22-16-10-6-11-17-22)23-18-12-7-13-19-23/h5-20,24,28H,3-4H2,1-2H3. The zero-order valence-electron chi connectivity index (χ0n) is 17.7. The molecular weight excluding hydrogens is 411 g/mol. The van der Waals surface area contributed by atoms with Gasteiger partial charge in [-0.05, 0) is 38.9 Å². The molecule has 3 aromatic carbocycles. The summed E-state index contributed by atoms with van der Waals surface area (Å²) in [5.74, 6) is 0.559. The third kappa shape index (κ3) is 3.52. The zero-order chi connectivity index (χ0) is 21.0. The van der Waals surface area contributed by atoms with Gasteiger partial charge in [-0.1, -0.05) is 116 Å². The fourth-order valence-electron chi connectivity index (χ4n) is 5.13. The van der Waals surface area contributed by atoms with E-state index in [-0.39, 0.29) is 0 Å². The van der Waals surface area contributed by atoms with Gasteiger partial charge in [0.25, 0.3) is 0 Å². The summed E-state index contributed by atoms with van der Waals surface area (Å²) in [5.41, 5.74) is 1.64. The van der Waals surface area contributed by atoms with Crippen LogP contribution in [-0.4, -0.2) is 18.0 Å². The van der Waals surface area contributed by atoms with Gasteiger partial charge in [-0.25, -0.2) is 0 Å². The predicted octanol–water partition coefficient (Wildman–Crippen LogP) is 5.09. The zero-order valence-corrected chi connectivity index (χ0v) is 20.7. The third-order valence-electron chi connectivity index (χ3n) is 6.40. The lowest BCUT2D eigenvalue weighted by Crippen LogP contribution is -2.68. The maximum absolute atomic E-state index is 3.88. The first-order valence-corrected chi connectivity index (χ1v) is 15.3. The number of benzene rings is 3. The molecule has 0 spiro atoms. The topological polar surface area (TPSA) is 0 Å². The lowest BCUT2D eigenvalue weighted by molar-refractivity contribution is 0.700. The fourth-order valence-corrected chi connectivity index (χ4v) is 12.0. The van der Waals surface area contributed by atoms with Crippen molar-refractivity contribution in [2.75, 3.05) is 0 Å². The highest BCUT2D eigenvalue weighted by atomic mass is 31.3. The second kappa shape index (κ2) is 9.43. The van der Waals surface area contributed by atoms with Crippen LogP contribution in [0, 0.1) is 5.92 Å². The highest BCUT2D eigenvalue weighted by molar-refractivity contribution is 7.70. The minimum absolute atomic E-state index is 0.559. The van der Waals surface area contributed by atoms with Crippen LogP contribution in [-0.2, 0) is 0 Å².